The summed E-state index contributed by atoms with van der Waals surface area (Å²) in [5.74, 6) is -1.10. The number of hydrogen-bond donors (Lipinski definition) is 0. The van der Waals surface area contributed by atoms with Crippen molar-refractivity contribution in [2.24, 2.45) is 0 Å². The highest BCUT2D eigenvalue weighted by molar-refractivity contribution is 9.10. The summed E-state index contributed by atoms with van der Waals surface area (Å²) in [6, 6.07) is 10.3. The molecule has 108 valence electrons. The minimum atomic E-state index is -3.88. The Balaban J connectivity index is 2.06. The van der Waals surface area contributed by atoms with Gasteiger partial charge in [-0.25, -0.2) is 17.1 Å². The van der Waals surface area contributed by atoms with Crippen LogP contribution in [0.25, 0.3) is 0 Å². The fraction of sp³-hybridized carbons (Fsp3) is 0.0714. The number of carbonyl (C=O) groups excluding carboxylic acids is 1. The van der Waals surface area contributed by atoms with Crippen molar-refractivity contribution in [3.63, 3.8) is 0 Å². The number of rotatable bonds is 2. The first-order valence-electron chi connectivity index (χ1n) is 6.02. The zero-order valence-corrected chi connectivity index (χ0v) is 13.0. The van der Waals surface area contributed by atoms with Crippen LogP contribution < -0.4 is 0 Å². The number of fused-ring (bicyclic) bond motifs is 1. The van der Waals surface area contributed by atoms with Gasteiger partial charge in [-0.3, -0.25) is 4.79 Å². The lowest BCUT2D eigenvalue weighted by Crippen LogP contribution is -2.29. The average Bonchev–Trinajstić information content (AvgIpc) is 2.65. The Bertz CT molecular complexity index is 851. The maximum Gasteiger partial charge on any atom is 0.269 e. The van der Waals surface area contributed by atoms with Crippen LogP contribution >= 0.6 is 15.9 Å². The quantitative estimate of drug-likeness (QED) is 0.817. The Morgan fingerprint density at radius 3 is 2.52 bits per heavy atom. The van der Waals surface area contributed by atoms with Gasteiger partial charge in [0.25, 0.3) is 15.9 Å². The molecule has 0 saturated carbocycles. The van der Waals surface area contributed by atoms with Gasteiger partial charge in [0.15, 0.2) is 0 Å². The van der Waals surface area contributed by atoms with E-state index in [0.717, 1.165) is 4.31 Å². The molecule has 3 rings (SSSR count). The van der Waals surface area contributed by atoms with Gasteiger partial charge in [-0.1, -0.05) is 24.3 Å². The zero-order chi connectivity index (χ0) is 15.2. The van der Waals surface area contributed by atoms with Gasteiger partial charge in [0.2, 0.25) is 0 Å². The van der Waals surface area contributed by atoms with E-state index in [1.54, 1.807) is 18.2 Å². The first-order valence-corrected chi connectivity index (χ1v) is 8.25. The number of nitrogens with zero attached hydrogens (tertiary/aromatic N) is 1. The van der Waals surface area contributed by atoms with E-state index in [1.807, 2.05) is 0 Å². The SMILES string of the molecule is O=C1c2ccccc2S(=O)(=O)N1Cc1cccc(F)c1Br. The molecule has 0 aromatic heterocycles. The minimum Gasteiger partial charge on any atom is -0.268 e. The van der Waals surface area contributed by atoms with Crippen LogP contribution in [0.4, 0.5) is 4.39 Å². The molecule has 1 aliphatic heterocycles. The number of amides is 1. The normalized spacial score (nSPS) is 16.1. The molecule has 21 heavy (non-hydrogen) atoms. The molecule has 0 radical (unpaired) electrons. The standard InChI is InChI=1S/C14H9BrFNO3S/c15-13-9(4-3-6-11(13)16)8-17-14(18)10-5-1-2-7-12(10)21(17,19)20/h1-7H,8H2. The topological polar surface area (TPSA) is 54.5 Å². The second kappa shape index (κ2) is 4.92. The van der Waals surface area contributed by atoms with Crippen molar-refractivity contribution in [2.75, 3.05) is 0 Å². The molecular weight excluding hydrogens is 361 g/mol. The fourth-order valence-electron chi connectivity index (χ4n) is 2.21. The summed E-state index contributed by atoms with van der Waals surface area (Å²) >= 11 is 3.07. The third kappa shape index (κ3) is 2.16. The van der Waals surface area contributed by atoms with Crippen LogP contribution in [0.5, 0.6) is 0 Å². The summed E-state index contributed by atoms with van der Waals surface area (Å²) in [4.78, 5) is 12.2. The highest BCUT2D eigenvalue weighted by atomic mass is 79.9. The maximum atomic E-state index is 13.5. The van der Waals surface area contributed by atoms with Crippen LogP contribution in [-0.2, 0) is 16.6 Å². The summed E-state index contributed by atoms with van der Waals surface area (Å²) in [5, 5.41) is 0. The Hall–Kier alpha value is -1.73. The minimum absolute atomic E-state index is 0.0116. The van der Waals surface area contributed by atoms with Crippen molar-refractivity contribution in [1.29, 1.82) is 0 Å². The average molecular weight is 370 g/mol. The zero-order valence-electron chi connectivity index (χ0n) is 10.6. The van der Waals surface area contributed by atoms with E-state index in [4.69, 9.17) is 0 Å². The Morgan fingerprint density at radius 2 is 1.81 bits per heavy atom. The molecule has 0 N–H and O–H groups in total. The molecule has 0 unspecified atom stereocenters. The van der Waals surface area contributed by atoms with Crippen LogP contribution in [-0.4, -0.2) is 18.6 Å². The number of halogens is 2. The van der Waals surface area contributed by atoms with Gasteiger partial charge in [0, 0.05) is 0 Å². The van der Waals surface area contributed by atoms with Crippen LogP contribution in [0, 0.1) is 5.82 Å². The Labute approximate surface area is 129 Å². The van der Waals surface area contributed by atoms with Gasteiger partial charge in [0.1, 0.15) is 10.7 Å². The summed E-state index contributed by atoms with van der Waals surface area (Å²) in [5.41, 5.74) is 0.532. The van der Waals surface area contributed by atoms with Gasteiger partial charge in [0.05, 0.1) is 16.6 Å². The molecule has 0 spiro atoms. The van der Waals surface area contributed by atoms with E-state index in [9.17, 15) is 17.6 Å². The fourth-order valence-corrected chi connectivity index (χ4v) is 4.15. The molecule has 1 aliphatic rings. The van der Waals surface area contributed by atoms with Crippen LogP contribution in [0.1, 0.15) is 15.9 Å². The van der Waals surface area contributed by atoms with Crippen molar-refractivity contribution < 1.29 is 17.6 Å². The third-order valence-electron chi connectivity index (χ3n) is 3.26. The monoisotopic (exact) mass is 369 g/mol. The van der Waals surface area contributed by atoms with E-state index in [0.29, 0.717) is 5.56 Å². The van der Waals surface area contributed by atoms with Gasteiger partial charge < -0.3 is 0 Å². The predicted octanol–water partition coefficient (Wildman–Crippen LogP) is 2.93. The van der Waals surface area contributed by atoms with Gasteiger partial charge in [-0.15, -0.1) is 0 Å². The van der Waals surface area contributed by atoms with Gasteiger partial charge >= 0.3 is 0 Å². The van der Waals surface area contributed by atoms with Gasteiger partial charge in [-0.05, 0) is 39.7 Å². The van der Waals surface area contributed by atoms with E-state index >= 15 is 0 Å². The Morgan fingerprint density at radius 1 is 1.10 bits per heavy atom. The molecule has 2 aromatic rings. The van der Waals surface area contributed by atoms with Crippen molar-refractivity contribution in [2.45, 2.75) is 11.4 Å². The molecule has 0 bridgehead atoms. The Kier molecular flexibility index (Phi) is 3.33. The number of carbonyl (C=O) groups is 1. The summed E-state index contributed by atoms with van der Waals surface area (Å²) in [7, 11) is -3.88. The molecule has 0 atom stereocenters. The molecule has 0 aliphatic carbocycles. The first-order chi connectivity index (χ1) is 9.93. The van der Waals surface area contributed by atoms with Crippen LogP contribution in [0.3, 0.4) is 0 Å². The van der Waals surface area contributed by atoms with Crippen molar-refractivity contribution in [1.82, 2.24) is 4.31 Å². The van der Waals surface area contributed by atoms with Crippen molar-refractivity contribution >= 4 is 31.9 Å². The molecule has 0 saturated heterocycles. The predicted molar refractivity (Wildman–Crippen MR) is 77.6 cm³/mol. The molecule has 7 heteroatoms. The number of sulfonamides is 1. The van der Waals surface area contributed by atoms with E-state index in [-0.39, 0.29) is 21.5 Å². The molecule has 1 heterocycles. The highest BCUT2D eigenvalue weighted by Crippen LogP contribution is 2.32. The van der Waals surface area contributed by atoms with Crippen molar-refractivity contribution in [3.05, 3.63) is 63.9 Å². The maximum absolute atomic E-state index is 13.5. The number of hydrogen-bond acceptors (Lipinski definition) is 3. The van der Waals surface area contributed by atoms with Crippen LogP contribution in [0.15, 0.2) is 51.8 Å². The lowest BCUT2D eigenvalue weighted by Gasteiger charge is -2.16. The summed E-state index contributed by atoms with van der Waals surface area (Å²) in [6.07, 6.45) is 0. The van der Waals surface area contributed by atoms with Crippen LogP contribution in [0.2, 0.25) is 0 Å². The van der Waals surface area contributed by atoms with Gasteiger partial charge in [-0.2, -0.15) is 0 Å². The van der Waals surface area contributed by atoms with E-state index in [1.165, 1.54) is 24.3 Å². The smallest absolute Gasteiger partial charge is 0.268 e. The van der Waals surface area contributed by atoms with E-state index in [2.05, 4.69) is 15.9 Å². The summed E-state index contributed by atoms with van der Waals surface area (Å²) < 4.78 is 39.2. The molecular formula is C14H9BrFNO3S. The lowest BCUT2D eigenvalue weighted by atomic mass is 10.2. The lowest BCUT2D eigenvalue weighted by molar-refractivity contribution is 0.0864. The largest absolute Gasteiger partial charge is 0.269 e. The molecule has 0 fully saturated rings. The summed E-state index contributed by atoms with van der Waals surface area (Å²) in [6.45, 7) is -0.214. The van der Waals surface area contributed by atoms with Crippen molar-refractivity contribution in [3.8, 4) is 0 Å². The first kappa shape index (κ1) is 14.2. The highest BCUT2D eigenvalue weighted by Gasteiger charge is 2.40. The second-order valence-electron chi connectivity index (χ2n) is 4.53. The molecule has 1 amide bonds. The molecule has 4 nitrogen and oxygen atoms in total. The van der Waals surface area contributed by atoms with E-state index < -0.39 is 21.7 Å². The molecule has 2 aromatic carbocycles. The third-order valence-corrected chi connectivity index (χ3v) is 5.93. The second-order valence-corrected chi connectivity index (χ2v) is 7.15. The number of benzene rings is 2.